The highest BCUT2D eigenvalue weighted by Gasteiger charge is 2.73. The summed E-state index contributed by atoms with van der Waals surface area (Å²) in [6.45, 7) is 25.0. The Labute approximate surface area is 666 Å². The third-order valence-corrected chi connectivity index (χ3v) is 32.6. The molecule has 18 fully saturated rings. The number of hydrogen-bond acceptors (Lipinski definition) is 24. The average molecular weight is 1580 g/mol. The van der Waals surface area contributed by atoms with Gasteiger partial charge in [0.05, 0.1) is 90.3 Å². The summed E-state index contributed by atoms with van der Waals surface area (Å²) < 4.78 is 67.5. The van der Waals surface area contributed by atoms with Crippen LogP contribution in [0.3, 0.4) is 0 Å². The zero-order valence-electron chi connectivity index (χ0n) is 69.1. The van der Waals surface area contributed by atoms with Crippen molar-refractivity contribution < 1.29 is 114 Å². The van der Waals surface area contributed by atoms with Gasteiger partial charge in [0.1, 0.15) is 53.9 Å². The second-order valence-electron chi connectivity index (χ2n) is 38.9. The summed E-state index contributed by atoms with van der Waals surface area (Å²) >= 11 is 0. The van der Waals surface area contributed by atoms with Crippen molar-refractivity contribution in [2.45, 2.75) is 323 Å². The summed E-state index contributed by atoms with van der Waals surface area (Å²) in [5.74, 6) is -1.54. The molecule has 24 nitrogen and oxygen atoms in total. The lowest BCUT2D eigenvalue weighted by Gasteiger charge is -2.39. The minimum Gasteiger partial charge on any atom is -0.465 e. The number of carbonyl (C=O) groups excluding carboxylic acids is 12. The van der Waals surface area contributed by atoms with Crippen LogP contribution in [0.2, 0.25) is 0 Å². The van der Waals surface area contributed by atoms with Crippen molar-refractivity contribution >= 4 is 71.6 Å². The maximum Gasteiger partial charge on any atom is 0.312 e. The molecule has 113 heavy (non-hydrogen) atoms. The van der Waals surface area contributed by atoms with E-state index in [0.29, 0.717) is 93.4 Å². The smallest absolute Gasteiger partial charge is 0.312 e. The molecule has 0 aromatic heterocycles. The van der Waals surface area contributed by atoms with Crippen LogP contribution in [-0.4, -0.2) is 145 Å². The van der Waals surface area contributed by atoms with Crippen molar-refractivity contribution in [1.29, 1.82) is 0 Å². The van der Waals surface area contributed by atoms with Crippen LogP contribution in [0.15, 0.2) is 0 Å². The summed E-state index contributed by atoms with van der Waals surface area (Å²) in [6, 6.07) is 0. The Balaban J connectivity index is 0.000000119. The molecule has 0 radical (unpaired) electrons. The van der Waals surface area contributed by atoms with Gasteiger partial charge in [0.2, 0.25) is 0 Å². The highest BCUT2D eigenvalue weighted by Crippen LogP contribution is 2.66. The number of rotatable bonds is 20. The number of carbonyl (C=O) groups is 12. The van der Waals surface area contributed by atoms with Crippen molar-refractivity contribution in [1.82, 2.24) is 0 Å². The van der Waals surface area contributed by atoms with Crippen molar-refractivity contribution in [3.05, 3.63) is 0 Å². The molecule has 5 heterocycles. The van der Waals surface area contributed by atoms with Crippen molar-refractivity contribution in [2.24, 2.45) is 141 Å². The van der Waals surface area contributed by atoms with E-state index in [2.05, 4.69) is 6.92 Å². The quantitative estimate of drug-likeness (QED) is 0.0807. The van der Waals surface area contributed by atoms with Gasteiger partial charge in [-0.1, -0.05) is 82.6 Å². The maximum absolute atomic E-state index is 13.4. The minimum atomic E-state index is -0.547. The van der Waals surface area contributed by atoms with E-state index in [1.54, 1.807) is 0 Å². The van der Waals surface area contributed by atoms with E-state index >= 15 is 0 Å². The number of ether oxygens (including phenoxy) is 12. The van der Waals surface area contributed by atoms with Gasteiger partial charge < -0.3 is 56.8 Å². The third kappa shape index (κ3) is 15.3. The molecule has 0 aromatic rings. The van der Waals surface area contributed by atoms with Crippen LogP contribution in [0.5, 0.6) is 0 Å². The highest BCUT2D eigenvalue weighted by atomic mass is 16.6. The molecule has 12 bridgehead atoms. The Bertz CT molecular complexity index is 3640. The SMILES string of the molecule is CCC(C)C(=O)OC1C2CC3C1OC(=O)C3C2C(=O)OC1(C)CCCCC1.CCC(C)C(=O)OC1C2CC3C1OC(=O)C3C2C(=O)OC1(CC)CC2CCC1C2.CCC(C)C(=O)OC1CC2CC1C1(CCOC1=O)C2.CCC(C)C(=O)OC1CC2CC1C1(COC(=O)C1)C2.CCC(C)C(=O)OC1CC2CC1CC21CCOC1=O. The molecule has 0 amide bonds. The fourth-order valence-corrected chi connectivity index (χ4v) is 25.2. The van der Waals surface area contributed by atoms with E-state index in [1.165, 1.54) is 12.8 Å². The molecule has 13 saturated carbocycles. The molecular formula is C89H128O24. The molecular weight excluding hydrogens is 1450 g/mol. The summed E-state index contributed by atoms with van der Waals surface area (Å²) in [7, 11) is 0. The lowest BCUT2D eigenvalue weighted by Crippen LogP contribution is -2.47. The first-order valence-corrected chi connectivity index (χ1v) is 44.3. The second kappa shape index (κ2) is 32.9. The Morgan fingerprint density at radius 3 is 1.35 bits per heavy atom. The van der Waals surface area contributed by atoms with Gasteiger partial charge in [-0.2, -0.15) is 0 Å². The number of cyclic esters (lactones) is 3. The van der Waals surface area contributed by atoms with E-state index in [4.69, 9.17) is 56.8 Å². The first-order chi connectivity index (χ1) is 53.9. The Morgan fingerprint density at radius 1 is 0.442 bits per heavy atom. The molecule has 3 spiro atoms. The van der Waals surface area contributed by atoms with Gasteiger partial charge >= 0.3 is 71.6 Å². The molecule has 5 aliphatic heterocycles. The molecule has 32 atom stereocenters. The maximum atomic E-state index is 13.4. The number of fused-ring (bicyclic) bond motifs is 13. The lowest BCUT2D eigenvalue weighted by atomic mass is 9.71. The zero-order chi connectivity index (χ0) is 80.7. The van der Waals surface area contributed by atoms with Crippen molar-refractivity contribution in [2.75, 3.05) is 19.8 Å². The predicted molar refractivity (Wildman–Crippen MR) is 402 cm³/mol. The van der Waals surface area contributed by atoms with Crippen LogP contribution in [-0.2, 0) is 114 Å². The molecule has 0 N–H and O–H groups in total. The average Bonchev–Trinajstić information content (AvgIpc) is 1.58. The van der Waals surface area contributed by atoms with Gasteiger partial charge in [0, 0.05) is 40.9 Å². The molecule has 18 aliphatic rings. The normalized spacial score (nSPS) is 42.6. The van der Waals surface area contributed by atoms with Crippen LogP contribution in [0.1, 0.15) is 269 Å². The summed E-state index contributed by atoms with van der Waals surface area (Å²) in [5, 5.41) is 0. The Morgan fingerprint density at radius 2 is 0.920 bits per heavy atom. The van der Waals surface area contributed by atoms with Gasteiger partial charge in [0.25, 0.3) is 0 Å². The topological polar surface area (TPSA) is 316 Å². The van der Waals surface area contributed by atoms with E-state index in [0.717, 1.165) is 141 Å². The summed E-state index contributed by atoms with van der Waals surface area (Å²) in [5.41, 5.74) is -1.40. The first-order valence-electron chi connectivity index (χ1n) is 44.3. The molecule has 13 aliphatic carbocycles. The first kappa shape index (κ1) is 83.1. The van der Waals surface area contributed by atoms with Crippen molar-refractivity contribution in [3.8, 4) is 0 Å². The minimum absolute atomic E-state index is 0.00768. The van der Waals surface area contributed by atoms with Crippen LogP contribution < -0.4 is 0 Å². The van der Waals surface area contributed by atoms with Gasteiger partial charge in [0.15, 0.2) is 0 Å². The Hall–Kier alpha value is -6.36. The molecule has 18 rings (SSSR count). The molecule has 24 heteroatoms. The van der Waals surface area contributed by atoms with Gasteiger partial charge in [-0.3, -0.25) is 57.5 Å². The van der Waals surface area contributed by atoms with E-state index in [-0.39, 0.29) is 171 Å². The molecule has 5 saturated heterocycles. The van der Waals surface area contributed by atoms with E-state index in [9.17, 15) is 57.5 Å². The van der Waals surface area contributed by atoms with Crippen molar-refractivity contribution in [3.63, 3.8) is 0 Å². The third-order valence-electron chi connectivity index (χ3n) is 32.6. The lowest BCUT2D eigenvalue weighted by molar-refractivity contribution is -0.181. The zero-order valence-corrected chi connectivity index (χ0v) is 69.1. The van der Waals surface area contributed by atoms with Crippen LogP contribution in [0.25, 0.3) is 0 Å². The largest absolute Gasteiger partial charge is 0.465 e. The van der Waals surface area contributed by atoms with Gasteiger partial charge in [-0.25, -0.2) is 0 Å². The molecule has 628 valence electrons. The summed E-state index contributed by atoms with van der Waals surface area (Å²) in [4.78, 5) is 147. The molecule has 0 aromatic carbocycles. The monoisotopic (exact) mass is 1580 g/mol. The second-order valence-corrected chi connectivity index (χ2v) is 38.9. The fraction of sp³-hybridized carbons (Fsp3) is 0.865. The van der Waals surface area contributed by atoms with Crippen LogP contribution in [0, 0.1) is 141 Å². The molecule has 32 unspecified atom stereocenters. The standard InChI is InChI=1S/C23H32O6.C21H30O6.3C15H22O4/c1-4-11(3)20(24)27-18-15-9-14-16(21(25)28-19(14)18)17(15)22(26)29-23(5-2)10-12-6-7-13(23)8-12;1-4-11(2)18(22)25-16-13-10-12-14(19(23)26-17(12)16)15(13)20(24)27-21(3)8-6-5-7-9-21;1-3-9(2)14(17)19-12-5-10-4-11(12)15(6-10)7-13(16)18-8-15;1-3-9(2)13(16)19-12-7-11-6-10(12)8-15(11)4-5-18-14(15)17;1-3-9(2)13(16)19-12-7-10-6-11(12)15(8-10)4-5-18-14(15)17/h11-19H,4-10H2,1-3H3;11-17H,4-10H2,1-3H3;3*9-12H,3-8H2,1-2H3. The highest BCUT2D eigenvalue weighted by molar-refractivity contribution is 5.88. The predicted octanol–water partition coefficient (Wildman–Crippen LogP) is 13.2. The van der Waals surface area contributed by atoms with Crippen LogP contribution in [0.4, 0.5) is 0 Å². The van der Waals surface area contributed by atoms with Gasteiger partial charge in [-0.05, 0) is 216 Å². The number of esters is 12. The summed E-state index contributed by atoms with van der Waals surface area (Å²) in [6.07, 6.45) is 24.6. The van der Waals surface area contributed by atoms with Crippen LogP contribution >= 0.6 is 0 Å². The van der Waals surface area contributed by atoms with E-state index < -0.39 is 53.7 Å². The number of hydrogen-bond donors (Lipinski definition) is 0. The Kier molecular flexibility index (Phi) is 24.2. The van der Waals surface area contributed by atoms with E-state index in [1.807, 2.05) is 76.2 Å². The fourth-order valence-electron chi connectivity index (χ4n) is 25.2. The van der Waals surface area contributed by atoms with Gasteiger partial charge in [-0.15, -0.1) is 0 Å².